The van der Waals surface area contributed by atoms with Gasteiger partial charge in [-0.15, -0.1) is 0 Å². The van der Waals surface area contributed by atoms with Gasteiger partial charge >= 0.3 is 6.04 Å². The van der Waals surface area contributed by atoms with E-state index in [-0.39, 0.29) is 11.7 Å². The molecule has 1 fully saturated rings. The monoisotopic (exact) mass is 250 g/mol. The molecule has 98 valence electrons. The van der Waals surface area contributed by atoms with Gasteiger partial charge in [0, 0.05) is 6.61 Å². The van der Waals surface area contributed by atoms with Crippen LogP contribution in [0.15, 0.2) is 12.1 Å². The molecule has 2 unspecified atom stereocenters. The van der Waals surface area contributed by atoms with Gasteiger partial charge in [-0.1, -0.05) is 19.1 Å². The van der Waals surface area contributed by atoms with Crippen LogP contribution in [0.1, 0.15) is 52.9 Å². The largest absolute Gasteiger partial charge is 0.373 e. The molecule has 0 saturated carbocycles. The number of benzene rings is 1. The molecule has 0 amide bonds. The highest BCUT2D eigenvalue weighted by molar-refractivity contribution is 5.91. The number of rotatable bonds is 2. The first-order valence-electron chi connectivity index (χ1n) is 6.41. The Morgan fingerprint density at radius 3 is 2.33 bits per heavy atom. The predicted molar refractivity (Wildman–Crippen MR) is 68.4 cm³/mol. The van der Waals surface area contributed by atoms with Gasteiger partial charge in [0.1, 0.15) is 0 Å². The fourth-order valence-electron chi connectivity index (χ4n) is 2.64. The van der Waals surface area contributed by atoms with Crippen molar-refractivity contribution >= 4 is 6.04 Å². The van der Waals surface area contributed by atoms with Gasteiger partial charge in [0.25, 0.3) is 0 Å². The van der Waals surface area contributed by atoms with Gasteiger partial charge in [0.15, 0.2) is 0 Å². The van der Waals surface area contributed by atoms with Crippen LogP contribution in [0.3, 0.4) is 0 Å². The van der Waals surface area contributed by atoms with E-state index in [2.05, 4.69) is 6.92 Å². The molecule has 3 heteroatoms. The number of carbonyl (C=O) groups is 1. The van der Waals surface area contributed by atoms with Crippen molar-refractivity contribution in [3.05, 3.63) is 34.4 Å². The first-order valence-corrected chi connectivity index (χ1v) is 6.41. The molecule has 2 nitrogen and oxygen atoms in total. The molecule has 2 rings (SSSR count). The normalized spacial score (nSPS) is 24.0. The molecule has 0 N–H and O–H groups in total. The summed E-state index contributed by atoms with van der Waals surface area (Å²) in [5.74, 6) is 0.607. The third kappa shape index (κ3) is 2.61. The van der Waals surface area contributed by atoms with Crippen LogP contribution in [0.25, 0.3) is 0 Å². The maximum Gasteiger partial charge on any atom is 0.332 e. The maximum absolute atomic E-state index is 12.9. The van der Waals surface area contributed by atoms with E-state index >= 15 is 0 Å². The maximum atomic E-state index is 12.9. The van der Waals surface area contributed by atoms with Crippen LogP contribution in [-0.4, -0.2) is 12.6 Å². The summed E-state index contributed by atoms with van der Waals surface area (Å²) in [5.41, 5.74) is 2.64. The fraction of sp³-hybridized carbons (Fsp3) is 0.533. The highest BCUT2D eigenvalue weighted by atomic mass is 19.1. The topological polar surface area (TPSA) is 26.3 Å². The standard InChI is InChI=1S/C15H19FO2/c1-9-4-5-13(18-8-9)12-6-10(2)14(15(16)17)11(3)7-12/h6-7,9,13H,4-5,8H2,1-3H3. The van der Waals surface area contributed by atoms with E-state index in [4.69, 9.17) is 4.74 Å². The number of halogens is 1. The molecule has 18 heavy (non-hydrogen) atoms. The third-order valence-corrected chi connectivity index (χ3v) is 3.63. The summed E-state index contributed by atoms with van der Waals surface area (Å²) in [7, 11) is 0. The lowest BCUT2D eigenvalue weighted by atomic mass is 9.92. The molecule has 1 aromatic rings. The smallest absolute Gasteiger partial charge is 0.332 e. The lowest BCUT2D eigenvalue weighted by Crippen LogP contribution is -2.19. The molecule has 0 radical (unpaired) electrons. The minimum atomic E-state index is -1.35. The summed E-state index contributed by atoms with van der Waals surface area (Å²) in [5, 5.41) is 0. The second kappa shape index (κ2) is 5.19. The summed E-state index contributed by atoms with van der Waals surface area (Å²) in [6, 6.07) is 2.40. The Labute approximate surface area is 107 Å². The molecule has 1 aliphatic rings. The van der Waals surface area contributed by atoms with Gasteiger partial charge in [0.2, 0.25) is 0 Å². The Morgan fingerprint density at radius 1 is 1.28 bits per heavy atom. The SMILES string of the molecule is Cc1cc(C2CCC(C)CO2)cc(C)c1C(=O)F. The van der Waals surface area contributed by atoms with Gasteiger partial charge in [-0.3, -0.25) is 4.79 Å². The summed E-state index contributed by atoms with van der Waals surface area (Å²) in [6.07, 6.45) is 2.22. The number of ether oxygens (including phenoxy) is 1. The lowest BCUT2D eigenvalue weighted by molar-refractivity contribution is -0.0124. The first kappa shape index (κ1) is 13.2. The minimum Gasteiger partial charge on any atom is -0.373 e. The van der Waals surface area contributed by atoms with Crippen LogP contribution in [0.2, 0.25) is 0 Å². The zero-order valence-electron chi connectivity index (χ0n) is 11.1. The molecule has 0 spiro atoms. The van der Waals surface area contributed by atoms with Crippen molar-refractivity contribution < 1.29 is 13.9 Å². The van der Waals surface area contributed by atoms with Crippen LogP contribution in [-0.2, 0) is 4.74 Å². The molecule has 1 heterocycles. The molecule has 1 aliphatic heterocycles. The van der Waals surface area contributed by atoms with E-state index in [9.17, 15) is 9.18 Å². The van der Waals surface area contributed by atoms with Crippen molar-refractivity contribution in [2.45, 2.75) is 39.7 Å². The van der Waals surface area contributed by atoms with Crippen molar-refractivity contribution in [1.29, 1.82) is 0 Å². The van der Waals surface area contributed by atoms with Crippen LogP contribution >= 0.6 is 0 Å². The quantitative estimate of drug-likeness (QED) is 0.744. The third-order valence-electron chi connectivity index (χ3n) is 3.63. The molecular weight excluding hydrogens is 231 g/mol. The highest BCUT2D eigenvalue weighted by Gasteiger charge is 2.22. The number of carbonyl (C=O) groups excluding carboxylic acids is 1. The van der Waals surface area contributed by atoms with Crippen molar-refractivity contribution in [2.75, 3.05) is 6.61 Å². The van der Waals surface area contributed by atoms with E-state index < -0.39 is 6.04 Å². The Morgan fingerprint density at radius 2 is 1.89 bits per heavy atom. The molecule has 1 saturated heterocycles. The summed E-state index contributed by atoms with van der Waals surface area (Å²) in [6.45, 7) is 6.49. The Balaban J connectivity index is 2.28. The zero-order chi connectivity index (χ0) is 13.3. The number of hydrogen-bond donors (Lipinski definition) is 0. The van der Waals surface area contributed by atoms with Crippen LogP contribution in [0, 0.1) is 19.8 Å². The van der Waals surface area contributed by atoms with Gasteiger partial charge in [-0.05, 0) is 49.3 Å². The summed E-state index contributed by atoms with van der Waals surface area (Å²) in [4.78, 5) is 10.9. The highest BCUT2D eigenvalue weighted by Crippen LogP contribution is 2.32. The second-order valence-electron chi connectivity index (χ2n) is 5.31. The zero-order valence-corrected chi connectivity index (χ0v) is 11.1. The van der Waals surface area contributed by atoms with Gasteiger partial charge in [-0.2, -0.15) is 4.39 Å². The molecule has 1 aromatic carbocycles. The summed E-state index contributed by atoms with van der Waals surface area (Å²) >= 11 is 0. The second-order valence-corrected chi connectivity index (χ2v) is 5.31. The predicted octanol–water partition coefficient (Wildman–Crippen LogP) is 3.90. The van der Waals surface area contributed by atoms with E-state index in [1.54, 1.807) is 13.8 Å². The Hall–Kier alpha value is -1.22. The number of hydrogen-bond acceptors (Lipinski definition) is 2. The van der Waals surface area contributed by atoms with Crippen molar-refractivity contribution in [1.82, 2.24) is 0 Å². The molecule has 2 atom stereocenters. The minimum absolute atomic E-state index is 0.0855. The van der Waals surface area contributed by atoms with Gasteiger partial charge in [-0.25, -0.2) is 0 Å². The molecule has 0 bridgehead atoms. The van der Waals surface area contributed by atoms with E-state index in [0.29, 0.717) is 17.0 Å². The average Bonchev–Trinajstić information content (AvgIpc) is 2.28. The van der Waals surface area contributed by atoms with E-state index in [0.717, 1.165) is 25.0 Å². The first-order chi connectivity index (χ1) is 8.49. The summed E-state index contributed by atoms with van der Waals surface area (Å²) < 4.78 is 18.7. The van der Waals surface area contributed by atoms with Crippen LogP contribution < -0.4 is 0 Å². The van der Waals surface area contributed by atoms with Crippen LogP contribution in [0.4, 0.5) is 4.39 Å². The van der Waals surface area contributed by atoms with Gasteiger partial charge < -0.3 is 4.74 Å². The van der Waals surface area contributed by atoms with E-state index in [1.807, 2.05) is 12.1 Å². The van der Waals surface area contributed by atoms with Crippen LogP contribution in [0.5, 0.6) is 0 Å². The van der Waals surface area contributed by atoms with E-state index in [1.165, 1.54) is 0 Å². The van der Waals surface area contributed by atoms with Crippen molar-refractivity contribution in [2.24, 2.45) is 5.92 Å². The number of aryl methyl sites for hydroxylation is 2. The molecule has 0 aliphatic carbocycles. The lowest BCUT2D eigenvalue weighted by Gasteiger charge is -2.28. The Kier molecular flexibility index (Phi) is 3.81. The Bertz CT molecular complexity index is 437. The molecule has 0 aromatic heterocycles. The molecular formula is C15H19FO2. The van der Waals surface area contributed by atoms with Gasteiger partial charge in [0.05, 0.1) is 11.7 Å². The average molecular weight is 250 g/mol. The van der Waals surface area contributed by atoms with Crippen molar-refractivity contribution in [3.63, 3.8) is 0 Å². The fourth-order valence-corrected chi connectivity index (χ4v) is 2.64. The van der Waals surface area contributed by atoms with Crippen molar-refractivity contribution in [3.8, 4) is 0 Å².